The Labute approximate surface area is 38.2 Å². The highest BCUT2D eigenvalue weighted by Crippen LogP contribution is 1.65. The standard InChI is InChI=1S/C6H4/c1-3-5-6-4-2/h1,3,5-6H. The highest BCUT2D eigenvalue weighted by atomic mass is 13.5. The van der Waals surface area contributed by atoms with Gasteiger partial charge in [-0.2, -0.15) is 0 Å². The minimum Gasteiger partial charge on any atom is -0.0622 e. The van der Waals surface area contributed by atoms with Gasteiger partial charge in [0.25, 0.3) is 0 Å². The second-order valence-corrected chi connectivity index (χ2v) is 0.696. The molecule has 0 amide bonds. The molecule has 0 N–H and O–H groups in total. The molecule has 0 fully saturated rings. The first kappa shape index (κ1) is 5.04. The summed E-state index contributed by atoms with van der Waals surface area (Å²) < 4.78 is 0. The van der Waals surface area contributed by atoms with Crippen molar-refractivity contribution in [3.05, 3.63) is 31.2 Å². The molecular weight excluding hydrogens is 72.1 g/mol. The van der Waals surface area contributed by atoms with Gasteiger partial charge >= 0.3 is 0 Å². The Morgan fingerprint density at radius 1 is 1.67 bits per heavy atom. The Morgan fingerprint density at radius 3 is 2.50 bits per heavy atom. The first-order valence-electron chi connectivity index (χ1n) is 1.54. The molecule has 0 aromatic carbocycles. The van der Waals surface area contributed by atoms with E-state index in [1.807, 2.05) is 5.92 Å². The summed E-state index contributed by atoms with van der Waals surface area (Å²) in [6, 6.07) is 0. The van der Waals surface area contributed by atoms with Gasteiger partial charge in [-0.15, -0.1) is 0 Å². The maximum absolute atomic E-state index is 6.29. The Kier molecular flexibility index (Phi) is 3.39. The van der Waals surface area contributed by atoms with Crippen LogP contribution >= 0.6 is 0 Å². The van der Waals surface area contributed by atoms with Crippen LogP contribution in [0.15, 0.2) is 18.2 Å². The zero-order valence-electron chi connectivity index (χ0n) is 3.31. The van der Waals surface area contributed by atoms with E-state index in [-0.39, 0.29) is 0 Å². The molecule has 0 aliphatic rings. The topological polar surface area (TPSA) is 0 Å². The van der Waals surface area contributed by atoms with Crippen molar-refractivity contribution in [1.82, 2.24) is 0 Å². The zero-order valence-corrected chi connectivity index (χ0v) is 3.31. The van der Waals surface area contributed by atoms with Crippen LogP contribution < -0.4 is 0 Å². The molecule has 28 valence electrons. The lowest BCUT2D eigenvalue weighted by Crippen LogP contribution is -1.39. The molecule has 0 rings (SSSR count). The van der Waals surface area contributed by atoms with Crippen molar-refractivity contribution in [3.63, 3.8) is 0 Å². The molecule has 2 radical (unpaired) electrons. The van der Waals surface area contributed by atoms with Crippen LogP contribution in [0.4, 0.5) is 0 Å². The predicted octanol–water partition coefficient (Wildman–Crippen LogP) is 1.12. The molecule has 0 aliphatic heterocycles. The molecule has 0 saturated carbocycles. The monoisotopic (exact) mass is 76.0 g/mol. The van der Waals surface area contributed by atoms with Crippen LogP contribution in [0.3, 0.4) is 0 Å². The van der Waals surface area contributed by atoms with Crippen molar-refractivity contribution in [2.45, 2.75) is 0 Å². The van der Waals surface area contributed by atoms with Crippen molar-refractivity contribution in [2.75, 3.05) is 0 Å². The molecule has 0 aromatic heterocycles. The van der Waals surface area contributed by atoms with Crippen LogP contribution in [0.25, 0.3) is 0 Å². The Hall–Kier alpha value is -0.960. The summed E-state index contributed by atoms with van der Waals surface area (Å²) in [5.74, 6) is 2.03. The molecule has 0 aromatic rings. The van der Waals surface area contributed by atoms with Crippen molar-refractivity contribution in [1.29, 1.82) is 0 Å². The quantitative estimate of drug-likeness (QED) is 0.324. The third kappa shape index (κ3) is 3.04. The van der Waals surface area contributed by atoms with Crippen LogP contribution in [-0.2, 0) is 0 Å². The third-order valence-electron chi connectivity index (χ3n) is 0.291. The highest BCUT2D eigenvalue weighted by molar-refractivity contribution is 5.10. The van der Waals surface area contributed by atoms with E-state index in [0.29, 0.717) is 0 Å². The fraction of sp³-hybridized carbons (Fsp3) is 0. The van der Waals surface area contributed by atoms with E-state index < -0.39 is 0 Å². The minimum absolute atomic E-state index is 1.35. The van der Waals surface area contributed by atoms with Crippen LogP contribution in [0.2, 0.25) is 0 Å². The van der Waals surface area contributed by atoms with Gasteiger partial charge in [-0.05, 0) is 12.5 Å². The average Bonchev–Trinajstić information content (AvgIpc) is 1.61. The van der Waals surface area contributed by atoms with Gasteiger partial charge < -0.3 is 0 Å². The third-order valence-corrected chi connectivity index (χ3v) is 0.291. The summed E-state index contributed by atoms with van der Waals surface area (Å²) in [5, 5.41) is 0. The molecule has 0 heterocycles. The molecule has 0 atom stereocenters. The van der Waals surface area contributed by atoms with Crippen LogP contribution in [0, 0.1) is 18.9 Å². The maximum Gasteiger partial charge on any atom is -0.0102 e. The second-order valence-electron chi connectivity index (χ2n) is 0.696. The second kappa shape index (κ2) is 4.04. The summed E-state index contributed by atoms with van der Waals surface area (Å²) in [4.78, 5) is 0. The lowest BCUT2D eigenvalue weighted by atomic mass is 10.5. The highest BCUT2D eigenvalue weighted by Gasteiger charge is 1.47. The SMILES string of the molecule is [C]#CC=CC=[CH]. The van der Waals surface area contributed by atoms with Gasteiger partial charge in [-0.1, -0.05) is 24.7 Å². The summed E-state index contributed by atoms with van der Waals surface area (Å²) in [7, 11) is 0. The summed E-state index contributed by atoms with van der Waals surface area (Å²) in [6.45, 7) is 4.88. The lowest BCUT2D eigenvalue weighted by molar-refractivity contribution is 2.02. The number of rotatable bonds is 1. The van der Waals surface area contributed by atoms with Gasteiger partial charge in [0, 0.05) is 0 Å². The molecule has 0 unspecified atom stereocenters. The zero-order chi connectivity index (χ0) is 4.83. The molecule has 0 spiro atoms. The molecule has 0 aliphatic carbocycles. The van der Waals surface area contributed by atoms with E-state index in [9.17, 15) is 0 Å². The molecule has 0 heteroatoms. The largest absolute Gasteiger partial charge is 0.0622 e. The van der Waals surface area contributed by atoms with Gasteiger partial charge in [0.2, 0.25) is 0 Å². The predicted molar refractivity (Wildman–Crippen MR) is 25.1 cm³/mol. The fourth-order valence-corrected chi connectivity index (χ4v) is 0.104. The average molecular weight is 76.1 g/mol. The van der Waals surface area contributed by atoms with Crippen LogP contribution in [0.5, 0.6) is 0 Å². The molecule has 0 nitrogen and oxygen atoms in total. The van der Waals surface area contributed by atoms with Crippen molar-refractivity contribution in [2.24, 2.45) is 0 Å². The lowest BCUT2D eigenvalue weighted by Gasteiger charge is -1.56. The summed E-state index contributed by atoms with van der Waals surface area (Å²) >= 11 is 0. The number of allylic oxidation sites excluding steroid dienone is 3. The minimum atomic E-state index is 1.35. The molecular formula is C6H4. The van der Waals surface area contributed by atoms with E-state index in [1.165, 1.54) is 18.2 Å². The van der Waals surface area contributed by atoms with Gasteiger partial charge in [-0.3, -0.25) is 0 Å². The summed E-state index contributed by atoms with van der Waals surface area (Å²) in [5.41, 5.74) is 0. The van der Waals surface area contributed by atoms with E-state index in [2.05, 4.69) is 0 Å². The van der Waals surface area contributed by atoms with Gasteiger partial charge in [0.1, 0.15) is 0 Å². The van der Waals surface area contributed by atoms with Gasteiger partial charge in [0.05, 0.1) is 0 Å². The Morgan fingerprint density at radius 2 is 2.33 bits per heavy atom. The van der Waals surface area contributed by atoms with Crippen LogP contribution in [0.1, 0.15) is 0 Å². The smallest absolute Gasteiger partial charge is 0.0102 e. The Bertz CT molecular complexity index is 91.1. The Balaban J connectivity index is 3.26. The molecule has 6 heavy (non-hydrogen) atoms. The van der Waals surface area contributed by atoms with Crippen molar-refractivity contribution >= 4 is 0 Å². The van der Waals surface area contributed by atoms with Crippen molar-refractivity contribution < 1.29 is 0 Å². The summed E-state index contributed by atoms with van der Waals surface area (Å²) in [6.07, 6.45) is 10.6. The van der Waals surface area contributed by atoms with Gasteiger partial charge in [-0.25, -0.2) is 0 Å². The van der Waals surface area contributed by atoms with Crippen molar-refractivity contribution in [3.8, 4) is 5.92 Å². The van der Waals surface area contributed by atoms with E-state index in [1.54, 1.807) is 0 Å². The molecule has 0 saturated heterocycles. The number of hydrogen-bond donors (Lipinski definition) is 0. The van der Waals surface area contributed by atoms with Gasteiger partial charge in [0.15, 0.2) is 0 Å². The van der Waals surface area contributed by atoms with E-state index in [4.69, 9.17) is 13.0 Å². The van der Waals surface area contributed by atoms with E-state index >= 15 is 0 Å². The number of hydrogen-bond acceptors (Lipinski definition) is 0. The first-order chi connectivity index (χ1) is 2.91. The fourth-order valence-electron chi connectivity index (χ4n) is 0.104. The maximum atomic E-state index is 6.29. The van der Waals surface area contributed by atoms with E-state index in [0.717, 1.165) is 0 Å². The van der Waals surface area contributed by atoms with Crippen LogP contribution in [-0.4, -0.2) is 0 Å². The normalized spacial score (nSPS) is 7.83. The molecule has 0 bridgehead atoms. The first-order valence-corrected chi connectivity index (χ1v) is 1.54.